The van der Waals surface area contributed by atoms with E-state index >= 15 is 0 Å². The highest BCUT2D eigenvalue weighted by molar-refractivity contribution is 7.11. The second-order valence-electron chi connectivity index (χ2n) is 5.93. The van der Waals surface area contributed by atoms with E-state index in [2.05, 4.69) is 19.9 Å². The first-order valence-corrected chi connectivity index (χ1v) is 8.83. The number of hydrogen-bond donors (Lipinski definition) is 0. The molecule has 1 aliphatic heterocycles. The summed E-state index contributed by atoms with van der Waals surface area (Å²) >= 11 is 1.68. The van der Waals surface area contributed by atoms with Crippen LogP contribution in [0.5, 0.6) is 0 Å². The zero-order valence-electron chi connectivity index (χ0n) is 14.1. The minimum absolute atomic E-state index is 0.173. The van der Waals surface area contributed by atoms with Crippen LogP contribution in [0.3, 0.4) is 0 Å². The van der Waals surface area contributed by atoms with E-state index in [9.17, 15) is 4.79 Å². The predicted molar refractivity (Wildman–Crippen MR) is 94.0 cm³/mol. The van der Waals surface area contributed by atoms with E-state index in [0.29, 0.717) is 19.6 Å². The molecular weight excluding hydrogens is 324 g/mol. The Hall–Kier alpha value is -2.06. The molecule has 2 aromatic heterocycles. The highest BCUT2D eigenvalue weighted by Gasteiger charge is 2.23. The number of carbonyl (C=O) groups excluding carboxylic acids is 1. The molecule has 2 aromatic rings. The second kappa shape index (κ2) is 7.67. The molecule has 0 saturated carbocycles. The maximum absolute atomic E-state index is 12.5. The van der Waals surface area contributed by atoms with Gasteiger partial charge >= 0.3 is 0 Å². The van der Waals surface area contributed by atoms with Crippen LogP contribution in [0, 0.1) is 6.92 Å². The number of nitrogens with zero attached hydrogens (tertiary/aromatic N) is 6. The van der Waals surface area contributed by atoms with Crippen LogP contribution in [0.2, 0.25) is 0 Å². The summed E-state index contributed by atoms with van der Waals surface area (Å²) in [5.74, 6) is 0.912. The summed E-state index contributed by atoms with van der Waals surface area (Å²) in [4.78, 5) is 32.5. The molecule has 1 saturated heterocycles. The molecule has 24 heavy (non-hydrogen) atoms. The summed E-state index contributed by atoms with van der Waals surface area (Å²) in [5.41, 5.74) is 0. The summed E-state index contributed by atoms with van der Waals surface area (Å²) in [5, 5.41) is 1.06. The molecule has 0 N–H and O–H groups in total. The zero-order valence-corrected chi connectivity index (χ0v) is 14.9. The van der Waals surface area contributed by atoms with Crippen molar-refractivity contribution in [1.82, 2.24) is 24.8 Å². The molecule has 0 atom stereocenters. The first-order valence-electron chi connectivity index (χ1n) is 8.01. The van der Waals surface area contributed by atoms with Gasteiger partial charge in [-0.15, -0.1) is 11.3 Å². The van der Waals surface area contributed by atoms with Gasteiger partial charge in [0.15, 0.2) is 0 Å². The fourth-order valence-corrected chi connectivity index (χ4v) is 3.62. The van der Waals surface area contributed by atoms with Gasteiger partial charge in [-0.3, -0.25) is 9.69 Å². The quantitative estimate of drug-likeness (QED) is 0.805. The minimum Gasteiger partial charge on any atom is -0.338 e. The molecule has 8 heteroatoms. The maximum Gasteiger partial charge on any atom is 0.236 e. The molecule has 1 aliphatic rings. The number of aromatic nitrogens is 3. The van der Waals surface area contributed by atoms with Crippen molar-refractivity contribution in [2.75, 3.05) is 44.7 Å². The lowest BCUT2D eigenvalue weighted by atomic mass is 10.3. The van der Waals surface area contributed by atoms with Crippen molar-refractivity contribution in [2.45, 2.75) is 13.5 Å². The number of likely N-dealkylation sites (N-methyl/N-ethyl adjacent to an activating group) is 1. The van der Waals surface area contributed by atoms with E-state index in [0.717, 1.165) is 30.6 Å². The number of carbonyl (C=O) groups is 1. The van der Waals surface area contributed by atoms with Crippen molar-refractivity contribution in [3.05, 3.63) is 34.5 Å². The SMILES string of the molecule is Cc1ncc(CN(C)CC(=O)N2CCN(c3ncccn3)CC2)s1. The van der Waals surface area contributed by atoms with Crippen LogP contribution >= 0.6 is 11.3 Å². The molecule has 7 nitrogen and oxygen atoms in total. The van der Waals surface area contributed by atoms with E-state index in [-0.39, 0.29) is 5.91 Å². The third-order valence-corrected chi connectivity index (χ3v) is 4.86. The van der Waals surface area contributed by atoms with E-state index in [1.807, 2.05) is 36.0 Å². The monoisotopic (exact) mass is 346 g/mol. The van der Waals surface area contributed by atoms with E-state index in [1.165, 1.54) is 4.88 Å². The smallest absolute Gasteiger partial charge is 0.236 e. The lowest BCUT2D eigenvalue weighted by Gasteiger charge is -2.35. The van der Waals surface area contributed by atoms with Crippen molar-refractivity contribution in [3.63, 3.8) is 0 Å². The summed E-state index contributed by atoms with van der Waals surface area (Å²) < 4.78 is 0. The molecule has 1 amide bonds. The molecule has 0 radical (unpaired) electrons. The van der Waals surface area contributed by atoms with Crippen LogP contribution in [0.4, 0.5) is 5.95 Å². The number of piperazine rings is 1. The summed E-state index contributed by atoms with van der Waals surface area (Å²) in [6, 6.07) is 1.81. The van der Waals surface area contributed by atoms with Gasteiger partial charge in [0.25, 0.3) is 0 Å². The Balaban J connectivity index is 1.46. The normalized spacial score (nSPS) is 15.1. The summed E-state index contributed by atoms with van der Waals surface area (Å²) in [6.07, 6.45) is 5.38. The predicted octanol–water partition coefficient (Wildman–Crippen LogP) is 1.02. The lowest BCUT2D eigenvalue weighted by Crippen LogP contribution is -2.51. The summed E-state index contributed by atoms with van der Waals surface area (Å²) in [6.45, 7) is 6.15. The average molecular weight is 346 g/mol. The molecule has 128 valence electrons. The molecule has 0 unspecified atom stereocenters. The van der Waals surface area contributed by atoms with Gasteiger partial charge in [0.1, 0.15) is 0 Å². The molecule has 0 spiro atoms. The van der Waals surface area contributed by atoms with Gasteiger partial charge in [0, 0.05) is 56.2 Å². The lowest BCUT2D eigenvalue weighted by molar-refractivity contribution is -0.132. The van der Waals surface area contributed by atoms with Crippen LogP contribution in [-0.2, 0) is 11.3 Å². The van der Waals surface area contributed by atoms with Crippen LogP contribution < -0.4 is 4.90 Å². The Bertz CT molecular complexity index is 668. The standard InChI is InChI=1S/C16H22N6OS/c1-13-19-10-14(24-13)11-20(2)12-15(23)21-6-8-22(9-7-21)16-17-4-3-5-18-16/h3-5,10H,6-9,11-12H2,1-2H3. The molecule has 0 aliphatic carbocycles. The van der Waals surface area contributed by atoms with Crippen LogP contribution in [0.15, 0.2) is 24.7 Å². The number of hydrogen-bond acceptors (Lipinski definition) is 7. The van der Waals surface area contributed by atoms with E-state index < -0.39 is 0 Å². The van der Waals surface area contributed by atoms with Crippen LogP contribution in [0.25, 0.3) is 0 Å². The number of thiazole rings is 1. The molecule has 3 rings (SSSR count). The van der Waals surface area contributed by atoms with E-state index in [1.54, 1.807) is 23.7 Å². The van der Waals surface area contributed by atoms with Gasteiger partial charge in [-0.25, -0.2) is 15.0 Å². The Morgan fingerprint density at radius 3 is 2.54 bits per heavy atom. The number of amides is 1. The highest BCUT2D eigenvalue weighted by atomic mass is 32.1. The third-order valence-electron chi connectivity index (χ3n) is 3.97. The van der Waals surface area contributed by atoms with Gasteiger partial charge in [0.05, 0.1) is 11.6 Å². The second-order valence-corrected chi connectivity index (χ2v) is 7.25. The Morgan fingerprint density at radius 1 is 1.21 bits per heavy atom. The summed E-state index contributed by atoms with van der Waals surface area (Å²) in [7, 11) is 1.97. The molecule has 0 bridgehead atoms. The van der Waals surface area contributed by atoms with Crippen molar-refractivity contribution < 1.29 is 4.79 Å². The topological polar surface area (TPSA) is 65.5 Å². The van der Waals surface area contributed by atoms with Crippen molar-refractivity contribution in [1.29, 1.82) is 0 Å². The number of rotatable bonds is 5. The molecular formula is C16H22N6OS. The van der Waals surface area contributed by atoms with Gasteiger partial charge in [-0.1, -0.05) is 0 Å². The number of aryl methyl sites for hydroxylation is 1. The van der Waals surface area contributed by atoms with Crippen LogP contribution in [0.1, 0.15) is 9.88 Å². The van der Waals surface area contributed by atoms with Crippen molar-refractivity contribution in [3.8, 4) is 0 Å². The highest BCUT2D eigenvalue weighted by Crippen LogP contribution is 2.14. The third kappa shape index (κ3) is 4.27. The van der Waals surface area contributed by atoms with Crippen molar-refractivity contribution >= 4 is 23.2 Å². The average Bonchev–Trinajstić information content (AvgIpc) is 3.00. The fraction of sp³-hybridized carbons (Fsp3) is 0.500. The molecule has 1 fully saturated rings. The van der Waals surface area contributed by atoms with Gasteiger partial charge in [-0.05, 0) is 20.0 Å². The van der Waals surface area contributed by atoms with Crippen molar-refractivity contribution in [2.24, 2.45) is 0 Å². The Morgan fingerprint density at radius 2 is 1.92 bits per heavy atom. The minimum atomic E-state index is 0.173. The fourth-order valence-electron chi connectivity index (χ4n) is 2.74. The Labute approximate surface area is 146 Å². The first kappa shape index (κ1) is 16.8. The Kier molecular flexibility index (Phi) is 5.37. The largest absolute Gasteiger partial charge is 0.338 e. The van der Waals surface area contributed by atoms with Crippen LogP contribution in [-0.4, -0.2) is 70.4 Å². The maximum atomic E-state index is 12.5. The zero-order chi connectivity index (χ0) is 16.9. The molecule has 0 aromatic carbocycles. The number of anilines is 1. The first-order chi connectivity index (χ1) is 11.6. The van der Waals surface area contributed by atoms with Gasteiger partial charge in [-0.2, -0.15) is 0 Å². The van der Waals surface area contributed by atoms with Gasteiger partial charge in [0.2, 0.25) is 11.9 Å². The van der Waals surface area contributed by atoms with E-state index in [4.69, 9.17) is 0 Å². The van der Waals surface area contributed by atoms with Gasteiger partial charge < -0.3 is 9.80 Å². The molecule has 3 heterocycles.